The van der Waals surface area contributed by atoms with Crippen molar-refractivity contribution < 1.29 is 0 Å². The summed E-state index contributed by atoms with van der Waals surface area (Å²) in [7, 11) is 0. The molecule has 1 aromatic rings. The third-order valence-electron chi connectivity index (χ3n) is 3.74. The summed E-state index contributed by atoms with van der Waals surface area (Å²) in [5.74, 6) is 0. The van der Waals surface area contributed by atoms with Crippen LogP contribution in [0.3, 0.4) is 0 Å². The van der Waals surface area contributed by atoms with Crippen LogP contribution in [-0.2, 0) is 5.41 Å². The summed E-state index contributed by atoms with van der Waals surface area (Å²) < 4.78 is 0. The Morgan fingerprint density at radius 3 is 2.89 bits per heavy atom. The molecule has 1 aliphatic heterocycles. The van der Waals surface area contributed by atoms with E-state index >= 15 is 0 Å². The number of fused-ring (bicyclic) bond motifs is 1. The van der Waals surface area contributed by atoms with Crippen LogP contribution >= 0.6 is 11.6 Å². The molecule has 1 aromatic carbocycles. The number of aliphatic imine (C=N–C) groups is 1. The van der Waals surface area contributed by atoms with E-state index in [1.807, 2.05) is 12.1 Å². The molecule has 2 heteroatoms. The van der Waals surface area contributed by atoms with Gasteiger partial charge in [0.1, 0.15) is 0 Å². The molecule has 1 atom stereocenters. The molecule has 1 nitrogen and oxygen atoms in total. The number of halogens is 1. The van der Waals surface area contributed by atoms with Crippen molar-refractivity contribution >= 4 is 23.0 Å². The van der Waals surface area contributed by atoms with Crippen molar-refractivity contribution in [3.8, 4) is 0 Å². The topological polar surface area (TPSA) is 12.4 Å². The minimum atomic E-state index is -0.267. The fraction of sp³-hybridized carbons (Fsp3) is 0.0625. The third kappa shape index (κ3) is 1.10. The first-order valence-electron chi connectivity index (χ1n) is 5.95. The van der Waals surface area contributed by atoms with Gasteiger partial charge in [0.05, 0.1) is 16.8 Å². The van der Waals surface area contributed by atoms with Gasteiger partial charge in [0, 0.05) is 5.03 Å². The molecule has 1 spiro atoms. The highest BCUT2D eigenvalue weighted by molar-refractivity contribution is 6.32. The molecule has 2 aliphatic carbocycles. The minimum Gasteiger partial charge on any atom is -0.251 e. The van der Waals surface area contributed by atoms with Gasteiger partial charge in [0.2, 0.25) is 0 Å². The first-order valence-corrected chi connectivity index (χ1v) is 6.32. The molecular weight excluding hydrogens is 242 g/mol. The molecule has 1 unspecified atom stereocenters. The Hall–Kier alpha value is -1.86. The summed E-state index contributed by atoms with van der Waals surface area (Å²) in [5.41, 5.74) is 4.29. The van der Waals surface area contributed by atoms with Crippen molar-refractivity contribution in [1.82, 2.24) is 0 Å². The van der Waals surface area contributed by atoms with Crippen LogP contribution < -0.4 is 0 Å². The SMILES string of the molecule is ClC1=CC23C(=CC=CC2=Nc2ccccc23)C=C1. The van der Waals surface area contributed by atoms with Crippen LogP contribution in [0.4, 0.5) is 5.69 Å². The van der Waals surface area contributed by atoms with Gasteiger partial charge in [0.15, 0.2) is 0 Å². The van der Waals surface area contributed by atoms with Crippen molar-refractivity contribution in [3.05, 3.63) is 76.9 Å². The van der Waals surface area contributed by atoms with E-state index in [4.69, 9.17) is 16.6 Å². The van der Waals surface area contributed by atoms with Crippen molar-refractivity contribution in [1.29, 1.82) is 0 Å². The average Bonchev–Trinajstić information content (AvgIpc) is 2.71. The average molecular weight is 252 g/mol. The van der Waals surface area contributed by atoms with Gasteiger partial charge in [-0.15, -0.1) is 0 Å². The third-order valence-corrected chi connectivity index (χ3v) is 3.97. The van der Waals surface area contributed by atoms with Crippen LogP contribution in [0.5, 0.6) is 0 Å². The maximum Gasteiger partial charge on any atom is 0.0842 e. The molecule has 0 radical (unpaired) electrons. The Labute approximate surface area is 111 Å². The second-order valence-electron chi connectivity index (χ2n) is 4.67. The van der Waals surface area contributed by atoms with Crippen LogP contribution in [0.25, 0.3) is 0 Å². The number of rotatable bonds is 0. The first-order chi connectivity index (χ1) is 8.80. The molecule has 86 valence electrons. The lowest BCUT2D eigenvalue weighted by Crippen LogP contribution is -2.34. The molecule has 0 aromatic heterocycles. The van der Waals surface area contributed by atoms with E-state index in [0.29, 0.717) is 0 Å². The van der Waals surface area contributed by atoms with E-state index in [0.717, 1.165) is 16.4 Å². The van der Waals surface area contributed by atoms with E-state index in [9.17, 15) is 0 Å². The van der Waals surface area contributed by atoms with E-state index in [-0.39, 0.29) is 5.41 Å². The minimum absolute atomic E-state index is 0.267. The van der Waals surface area contributed by atoms with Gasteiger partial charge in [-0.05, 0) is 35.4 Å². The van der Waals surface area contributed by atoms with Gasteiger partial charge in [-0.25, -0.2) is 0 Å². The van der Waals surface area contributed by atoms with Crippen LogP contribution in [0.2, 0.25) is 0 Å². The van der Waals surface area contributed by atoms with Crippen LogP contribution in [0, 0.1) is 0 Å². The summed E-state index contributed by atoms with van der Waals surface area (Å²) in [5, 5.41) is 0.770. The standard InChI is InChI=1S/C16H10ClN/c17-12-9-8-11-4-3-7-15-16(11,10-12)13-5-1-2-6-14(13)18-15/h1-10H. The van der Waals surface area contributed by atoms with Crippen molar-refractivity contribution in [2.75, 3.05) is 0 Å². The highest BCUT2D eigenvalue weighted by atomic mass is 35.5. The van der Waals surface area contributed by atoms with Gasteiger partial charge in [-0.2, -0.15) is 0 Å². The largest absolute Gasteiger partial charge is 0.251 e. The lowest BCUT2D eigenvalue weighted by atomic mass is 9.68. The molecule has 0 fully saturated rings. The maximum absolute atomic E-state index is 6.23. The Morgan fingerprint density at radius 2 is 1.94 bits per heavy atom. The number of nitrogens with zero attached hydrogens (tertiary/aromatic N) is 1. The van der Waals surface area contributed by atoms with Gasteiger partial charge in [-0.1, -0.05) is 48.0 Å². The lowest BCUT2D eigenvalue weighted by molar-refractivity contribution is 0.879. The van der Waals surface area contributed by atoms with Crippen LogP contribution in [0.15, 0.2) is 76.3 Å². The van der Waals surface area contributed by atoms with Crippen LogP contribution in [0.1, 0.15) is 5.56 Å². The van der Waals surface area contributed by atoms with E-state index in [1.165, 1.54) is 11.1 Å². The van der Waals surface area contributed by atoms with Gasteiger partial charge in [-0.3, -0.25) is 4.99 Å². The van der Waals surface area contributed by atoms with E-state index in [1.54, 1.807) is 0 Å². The maximum atomic E-state index is 6.23. The summed E-state index contributed by atoms with van der Waals surface area (Å²) in [4.78, 5) is 4.74. The highest BCUT2D eigenvalue weighted by Crippen LogP contribution is 2.50. The fourth-order valence-electron chi connectivity index (χ4n) is 2.95. The normalized spacial score (nSPS) is 26.8. The molecule has 0 bridgehead atoms. The number of hydrogen-bond donors (Lipinski definition) is 0. The summed E-state index contributed by atoms with van der Waals surface area (Å²) in [6, 6.07) is 8.27. The van der Waals surface area contributed by atoms with Crippen molar-refractivity contribution in [2.45, 2.75) is 5.41 Å². The van der Waals surface area contributed by atoms with Crippen molar-refractivity contribution in [3.63, 3.8) is 0 Å². The smallest absolute Gasteiger partial charge is 0.0842 e. The van der Waals surface area contributed by atoms with Crippen LogP contribution in [-0.4, -0.2) is 5.71 Å². The van der Waals surface area contributed by atoms with Gasteiger partial charge >= 0.3 is 0 Å². The zero-order valence-electron chi connectivity index (χ0n) is 9.60. The molecule has 3 aliphatic rings. The summed E-state index contributed by atoms with van der Waals surface area (Å²) in [6.45, 7) is 0. The van der Waals surface area contributed by atoms with Crippen molar-refractivity contribution in [2.24, 2.45) is 4.99 Å². The Balaban J connectivity index is 2.10. The zero-order chi connectivity index (χ0) is 12.2. The second kappa shape index (κ2) is 3.33. The van der Waals surface area contributed by atoms with E-state index < -0.39 is 0 Å². The number of para-hydroxylation sites is 1. The molecule has 0 amide bonds. The Bertz CT molecular complexity index is 704. The number of benzene rings is 1. The second-order valence-corrected chi connectivity index (χ2v) is 5.10. The lowest BCUT2D eigenvalue weighted by Gasteiger charge is -2.33. The monoisotopic (exact) mass is 251 g/mol. The molecule has 0 saturated heterocycles. The molecular formula is C16H10ClN. The molecule has 1 heterocycles. The first kappa shape index (κ1) is 10.1. The van der Waals surface area contributed by atoms with Gasteiger partial charge in [0.25, 0.3) is 0 Å². The number of hydrogen-bond acceptors (Lipinski definition) is 1. The predicted molar refractivity (Wildman–Crippen MR) is 75.5 cm³/mol. The highest BCUT2D eigenvalue weighted by Gasteiger charge is 2.44. The zero-order valence-corrected chi connectivity index (χ0v) is 10.4. The Morgan fingerprint density at radius 1 is 1.06 bits per heavy atom. The molecule has 0 N–H and O–H groups in total. The molecule has 18 heavy (non-hydrogen) atoms. The van der Waals surface area contributed by atoms with Gasteiger partial charge < -0.3 is 0 Å². The Kier molecular flexibility index (Phi) is 1.87. The summed E-state index contributed by atoms with van der Waals surface area (Å²) >= 11 is 6.23. The summed E-state index contributed by atoms with van der Waals surface area (Å²) in [6.07, 6.45) is 12.4. The van der Waals surface area contributed by atoms with E-state index in [2.05, 4.69) is 48.6 Å². The predicted octanol–water partition coefficient (Wildman–Crippen LogP) is 4.20. The fourth-order valence-corrected chi connectivity index (χ4v) is 3.18. The molecule has 4 rings (SSSR count). The quantitative estimate of drug-likeness (QED) is 0.655. The number of allylic oxidation sites excluding steroid dienone is 8. The molecule has 0 saturated carbocycles.